The Morgan fingerprint density at radius 2 is 1.90 bits per heavy atom. The topological polar surface area (TPSA) is 66.9 Å². The Morgan fingerprint density at radius 1 is 1.19 bits per heavy atom. The minimum atomic E-state index is -0.221. The lowest BCUT2D eigenvalue weighted by Crippen LogP contribution is -2.30. The zero-order valence-corrected chi connectivity index (χ0v) is 12.7. The van der Waals surface area contributed by atoms with Crippen molar-refractivity contribution in [2.24, 2.45) is 0 Å². The number of anilines is 1. The molecule has 1 aromatic carbocycles. The molecule has 0 unspecified atom stereocenters. The largest absolute Gasteiger partial charge is 0.365 e. The van der Waals surface area contributed by atoms with E-state index in [2.05, 4.69) is 20.6 Å². The second-order valence-corrected chi connectivity index (χ2v) is 5.33. The Labute approximate surface area is 128 Å². The number of amides is 1. The second-order valence-electron chi connectivity index (χ2n) is 4.90. The first kappa shape index (κ1) is 15.3. The highest BCUT2D eigenvalue weighted by Crippen LogP contribution is 2.11. The van der Waals surface area contributed by atoms with Crippen LogP contribution in [0.3, 0.4) is 0 Å². The summed E-state index contributed by atoms with van der Waals surface area (Å²) in [6, 6.07) is 7.62. The molecule has 0 bridgehead atoms. The smallest absolute Gasteiger partial charge is 0.271 e. The van der Waals surface area contributed by atoms with Crippen molar-refractivity contribution in [3.63, 3.8) is 0 Å². The molecule has 0 fully saturated rings. The van der Waals surface area contributed by atoms with Crippen molar-refractivity contribution < 1.29 is 4.79 Å². The maximum Gasteiger partial charge on any atom is 0.271 e. The number of nitrogens with zero attached hydrogens (tertiary/aromatic N) is 2. The summed E-state index contributed by atoms with van der Waals surface area (Å²) in [5, 5.41) is 6.61. The van der Waals surface area contributed by atoms with E-state index >= 15 is 0 Å². The molecule has 5 nitrogen and oxygen atoms in total. The average Bonchev–Trinajstić information content (AvgIpc) is 2.46. The van der Waals surface area contributed by atoms with Gasteiger partial charge in [-0.1, -0.05) is 23.7 Å². The molecular weight excluding hydrogens is 288 g/mol. The van der Waals surface area contributed by atoms with Crippen LogP contribution in [0, 0.1) is 0 Å². The molecule has 0 aliphatic carbocycles. The van der Waals surface area contributed by atoms with Crippen LogP contribution in [0.2, 0.25) is 5.02 Å². The minimum Gasteiger partial charge on any atom is -0.365 e. The number of carbonyl (C=O) groups is 1. The molecular formula is C15H17ClN4O. The molecule has 1 heterocycles. The number of hydrogen-bond donors (Lipinski definition) is 2. The second kappa shape index (κ2) is 7.04. The van der Waals surface area contributed by atoms with Gasteiger partial charge in [-0.15, -0.1) is 0 Å². The van der Waals surface area contributed by atoms with Crippen LogP contribution >= 0.6 is 11.6 Å². The van der Waals surface area contributed by atoms with Gasteiger partial charge in [-0.25, -0.2) is 9.97 Å². The van der Waals surface area contributed by atoms with E-state index in [4.69, 9.17) is 11.6 Å². The SMILES string of the molecule is CC(C)NC(=O)c1cnc(NCc2ccc(Cl)cc2)cn1. The Bertz CT molecular complexity index is 596. The van der Waals surface area contributed by atoms with Crippen LogP contribution in [0.25, 0.3) is 0 Å². The zero-order valence-electron chi connectivity index (χ0n) is 11.9. The molecule has 2 aromatic rings. The molecule has 0 saturated heterocycles. The summed E-state index contributed by atoms with van der Waals surface area (Å²) < 4.78 is 0. The Balaban J connectivity index is 1.93. The van der Waals surface area contributed by atoms with Crippen molar-refractivity contribution in [2.75, 3.05) is 5.32 Å². The normalized spacial score (nSPS) is 10.5. The number of rotatable bonds is 5. The molecule has 1 aromatic heterocycles. The average molecular weight is 305 g/mol. The van der Waals surface area contributed by atoms with Crippen molar-refractivity contribution in [2.45, 2.75) is 26.4 Å². The molecule has 6 heteroatoms. The number of halogens is 1. The fraction of sp³-hybridized carbons (Fsp3) is 0.267. The summed E-state index contributed by atoms with van der Waals surface area (Å²) in [5.41, 5.74) is 1.39. The maximum atomic E-state index is 11.7. The number of hydrogen-bond acceptors (Lipinski definition) is 4. The van der Waals surface area contributed by atoms with Gasteiger partial charge in [0.1, 0.15) is 11.5 Å². The monoisotopic (exact) mass is 304 g/mol. The van der Waals surface area contributed by atoms with Crippen molar-refractivity contribution in [3.8, 4) is 0 Å². The third-order valence-corrected chi connectivity index (χ3v) is 2.94. The van der Waals surface area contributed by atoms with Gasteiger partial charge in [-0.05, 0) is 31.5 Å². The van der Waals surface area contributed by atoms with Crippen LogP contribution < -0.4 is 10.6 Å². The molecule has 0 radical (unpaired) electrons. The molecule has 0 spiro atoms. The van der Waals surface area contributed by atoms with E-state index in [9.17, 15) is 4.79 Å². The van der Waals surface area contributed by atoms with Crippen LogP contribution in [-0.4, -0.2) is 21.9 Å². The van der Waals surface area contributed by atoms with Crippen LogP contribution in [0.4, 0.5) is 5.82 Å². The highest BCUT2D eigenvalue weighted by molar-refractivity contribution is 6.30. The van der Waals surface area contributed by atoms with Gasteiger partial charge in [0.05, 0.1) is 12.4 Å². The lowest BCUT2D eigenvalue weighted by Gasteiger charge is -2.08. The van der Waals surface area contributed by atoms with Gasteiger partial charge in [0.15, 0.2) is 0 Å². The third-order valence-electron chi connectivity index (χ3n) is 2.69. The van der Waals surface area contributed by atoms with E-state index in [1.807, 2.05) is 38.1 Å². The Kier molecular flexibility index (Phi) is 5.11. The zero-order chi connectivity index (χ0) is 15.2. The molecule has 2 rings (SSSR count). The quantitative estimate of drug-likeness (QED) is 0.891. The van der Waals surface area contributed by atoms with Gasteiger partial charge in [0.25, 0.3) is 5.91 Å². The predicted molar refractivity (Wildman–Crippen MR) is 83.4 cm³/mol. The predicted octanol–water partition coefficient (Wildman–Crippen LogP) is 2.88. The van der Waals surface area contributed by atoms with Crippen LogP contribution in [-0.2, 0) is 6.54 Å². The summed E-state index contributed by atoms with van der Waals surface area (Å²) in [5.74, 6) is 0.396. The molecule has 1 amide bonds. The number of carbonyl (C=O) groups excluding carboxylic acids is 1. The van der Waals surface area contributed by atoms with Crippen molar-refractivity contribution in [1.29, 1.82) is 0 Å². The first-order valence-corrected chi connectivity index (χ1v) is 7.03. The molecule has 0 aliphatic heterocycles. The highest BCUT2D eigenvalue weighted by Gasteiger charge is 2.08. The maximum absolute atomic E-state index is 11.7. The van der Waals surface area contributed by atoms with E-state index in [1.165, 1.54) is 6.20 Å². The molecule has 21 heavy (non-hydrogen) atoms. The minimum absolute atomic E-state index is 0.0713. The number of nitrogens with one attached hydrogen (secondary N) is 2. The number of aromatic nitrogens is 2. The lowest BCUT2D eigenvalue weighted by molar-refractivity contribution is 0.0937. The lowest BCUT2D eigenvalue weighted by atomic mass is 10.2. The summed E-state index contributed by atoms with van der Waals surface area (Å²) in [4.78, 5) is 20.0. The molecule has 0 saturated carbocycles. The van der Waals surface area contributed by atoms with E-state index in [0.29, 0.717) is 23.1 Å². The summed E-state index contributed by atoms with van der Waals surface area (Å²) in [7, 11) is 0. The van der Waals surface area contributed by atoms with E-state index in [0.717, 1.165) is 5.56 Å². The van der Waals surface area contributed by atoms with Gasteiger partial charge < -0.3 is 10.6 Å². The first-order chi connectivity index (χ1) is 10.0. The summed E-state index contributed by atoms with van der Waals surface area (Å²) in [6.45, 7) is 4.41. The van der Waals surface area contributed by atoms with Gasteiger partial charge in [-0.3, -0.25) is 4.79 Å². The van der Waals surface area contributed by atoms with Gasteiger partial charge in [-0.2, -0.15) is 0 Å². The summed E-state index contributed by atoms with van der Waals surface area (Å²) in [6.07, 6.45) is 3.01. The van der Waals surface area contributed by atoms with Crippen LogP contribution in [0.1, 0.15) is 29.9 Å². The van der Waals surface area contributed by atoms with E-state index < -0.39 is 0 Å². The Morgan fingerprint density at radius 3 is 2.48 bits per heavy atom. The number of benzene rings is 1. The molecule has 0 atom stereocenters. The van der Waals surface area contributed by atoms with Crippen molar-refractivity contribution in [1.82, 2.24) is 15.3 Å². The molecule has 110 valence electrons. The van der Waals surface area contributed by atoms with Crippen molar-refractivity contribution in [3.05, 3.63) is 52.9 Å². The first-order valence-electron chi connectivity index (χ1n) is 6.66. The van der Waals surface area contributed by atoms with Crippen LogP contribution in [0.15, 0.2) is 36.7 Å². The highest BCUT2D eigenvalue weighted by atomic mass is 35.5. The van der Waals surface area contributed by atoms with E-state index in [1.54, 1.807) is 6.20 Å². The van der Waals surface area contributed by atoms with Gasteiger partial charge in [0.2, 0.25) is 0 Å². The fourth-order valence-electron chi connectivity index (χ4n) is 1.67. The van der Waals surface area contributed by atoms with Crippen LogP contribution in [0.5, 0.6) is 0 Å². The molecule has 0 aliphatic rings. The Hall–Kier alpha value is -2.14. The van der Waals surface area contributed by atoms with Gasteiger partial charge in [0, 0.05) is 17.6 Å². The third kappa shape index (κ3) is 4.72. The van der Waals surface area contributed by atoms with Crippen molar-refractivity contribution >= 4 is 23.3 Å². The van der Waals surface area contributed by atoms with E-state index in [-0.39, 0.29) is 11.9 Å². The standard InChI is InChI=1S/C15H17ClN4O/c1-10(2)20-15(21)13-8-19-14(9-17-13)18-7-11-3-5-12(16)6-4-11/h3-6,8-10H,7H2,1-2H3,(H,18,19)(H,20,21). The fourth-order valence-corrected chi connectivity index (χ4v) is 1.79. The van der Waals surface area contributed by atoms with Gasteiger partial charge >= 0.3 is 0 Å². The molecule has 2 N–H and O–H groups in total. The summed E-state index contributed by atoms with van der Waals surface area (Å²) >= 11 is 5.83.